The van der Waals surface area contributed by atoms with Gasteiger partial charge in [0.2, 0.25) is 0 Å². The second-order valence-electron chi connectivity index (χ2n) is 14.5. The van der Waals surface area contributed by atoms with Crippen LogP contribution in [0.25, 0.3) is 0 Å². The Morgan fingerprint density at radius 2 is 0.940 bits per heavy atom. The van der Waals surface area contributed by atoms with Gasteiger partial charge in [-0.2, -0.15) is 0 Å². The lowest BCUT2D eigenvalue weighted by Crippen LogP contribution is -2.30. The van der Waals surface area contributed by atoms with Gasteiger partial charge in [0.1, 0.15) is 0 Å². The third kappa shape index (κ3) is 38.0. The maximum atomic E-state index is 12.5. The number of hydrogen-bond donors (Lipinski definition) is 1. The Labute approximate surface area is 312 Å². The van der Waals surface area contributed by atoms with E-state index < -0.39 is 0 Å². The van der Waals surface area contributed by atoms with E-state index in [-0.39, 0.29) is 12.6 Å². The molecule has 0 heterocycles. The van der Waals surface area contributed by atoms with Crippen molar-refractivity contribution >= 4 is 5.97 Å². The molecule has 0 radical (unpaired) electrons. The number of hydroxylamine groups is 2. The van der Waals surface area contributed by atoms with E-state index in [0.29, 0.717) is 19.6 Å². The third-order valence-corrected chi connectivity index (χ3v) is 9.57. The van der Waals surface area contributed by atoms with Crippen molar-refractivity contribution in [3.63, 3.8) is 0 Å². The van der Waals surface area contributed by atoms with Crippen LogP contribution in [0.1, 0.15) is 201 Å². The van der Waals surface area contributed by atoms with Crippen LogP contribution in [0.2, 0.25) is 0 Å². The van der Waals surface area contributed by atoms with Crippen molar-refractivity contribution in [2.75, 3.05) is 52.5 Å². The summed E-state index contributed by atoms with van der Waals surface area (Å²) < 4.78 is 5.58. The molecule has 50 heavy (non-hydrogen) atoms. The maximum absolute atomic E-state index is 12.5. The fourth-order valence-corrected chi connectivity index (χ4v) is 6.33. The smallest absolute Gasteiger partial charge is 0.325 e. The molecule has 0 rings (SSSR count). The Morgan fingerprint density at radius 3 is 1.48 bits per heavy atom. The first kappa shape index (κ1) is 48.8. The van der Waals surface area contributed by atoms with E-state index in [4.69, 9.17) is 14.7 Å². The van der Waals surface area contributed by atoms with Crippen LogP contribution < -0.4 is 0 Å². The Bertz CT molecular complexity index is 717. The SMILES string of the molecule is CCCCC/C=C\C/C=C\CCCCCCCCN(CCCCCCCCCC(=O)ON(CCCCCC)CCCCCC)CCOCCO. The summed E-state index contributed by atoms with van der Waals surface area (Å²) in [6.07, 6.45) is 43.3. The van der Waals surface area contributed by atoms with E-state index in [1.165, 1.54) is 141 Å². The highest BCUT2D eigenvalue weighted by Crippen LogP contribution is 2.13. The average Bonchev–Trinajstić information content (AvgIpc) is 3.12. The Hall–Kier alpha value is -1.21. The number of unbranched alkanes of at least 4 members (excludes halogenated alkanes) is 21. The Morgan fingerprint density at radius 1 is 0.500 bits per heavy atom. The van der Waals surface area contributed by atoms with Gasteiger partial charge in [0.05, 0.1) is 19.8 Å². The number of allylic oxidation sites excluding steroid dienone is 4. The van der Waals surface area contributed by atoms with E-state index in [9.17, 15) is 4.79 Å². The average molecular weight is 707 g/mol. The summed E-state index contributed by atoms with van der Waals surface area (Å²) in [7, 11) is 0. The molecule has 296 valence electrons. The molecular formula is C44H86N2O4. The largest absolute Gasteiger partial charge is 0.394 e. The number of rotatable bonds is 41. The van der Waals surface area contributed by atoms with Crippen LogP contribution in [-0.4, -0.2) is 73.6 Å². The molecule has 0 aromatic carbocycles. The first-order valence-corrected chi connectivity index (χ1v) is 21.8. The van der Waals surface area contributed by atoms with Gasteiger partial charge in [-0.15, -0.1) is 5.06 Å². The Balaban J connectivity index is 3.99. The molecule has 0 aliphatic rings. The summed E-state index contributed by atoms with van der Waals surface area (Å²) in [5, 5.41) is 11.0. The first-order chi connectivity index (χ1) is 24.7. The third-order valence-electron chi connectivity index (χ3n) is 9.57. The topological polar surface area (TPSA) is 62.2 Å². The highest BCUT2D eigenvalue weighted by molar-refractivity contribution is 5.68. The highest BCUT2D eigenvalue weighted by Gasteiger charge is 2.12. The van der Waals surface area contributed by atoms with Crippen LogP contribution in [0.4, 0.5) is 0 Å². The van der Waals surface area contributed by atoms with Gasteiger partial charge in [-0.1, -0.05) is 154 Å². The van der Waals surface area contributed by atoms with Crippen molar-refractivity contribution < 1.29 is 19.5 Å². The number of carbonyl (C=O) groups is 1. The van der Waals surface area contributed by atoms with E-state index in [2.05, 4.69) is 50.0 Å². The number of hydrogen-bond acceptors (Lipinski definition) is 6. The minimum absolute atomic E-state index is 0.0427. The molecule has 0 saturated heterocycles. The van der Waals surface area contributed by atoms with Crippen LogP contribution in [0, 0.1) is 0 Å². The summed E-state index contributed by atoms with van der Waals surface area (Å²) in [5.74, 6) is -0.0427. The number of carbonyl (C=O) groups excluding carboxylic acids is 1. The Kier molecular flexibility index (Phi) is 41.2. The summed E-state index contributed by atoms with van der Waals surface area (Å²) in [6, 6.07) is 0. The zero-order valence-corrected chi connectivity index (χ0v) is 33.8. The molecule has 0 spiro atoms. The van der Waals surface area contributed by atoms with Crippen molar-refractivity contribution in [3.05, 3.63) is 24.3 Å². The molecule has 0 aromatic rings. The first-order valence-electron chi connectivity index (χ1n) is 21.8. The molecule has 0 bridgehead atoms. The second-order valence-corrected chi connectivity index (χ2v) is 14.5. The zero-order chi connectivity index (χ0) is 36.4. The molecule has 1 N–H and O–H groups in total. The van der Waals surface area contributed by atoms with Gasteiger partial charge in [-0.05, 0) is 77.3 Å². The molecular weight excluding hydrogens is 620 g/mol. The number of ether oxygens (including phenoxy) is 1. The van der Waals surface area contributed by atoms with E-state index in [1.807, 2.05) is 5.06 Å². The second kappa shape index (κ2) is 42.2. The number of aliphatic hydroxyl groups is 1. The summed E-state index contributed by atoms with van der Waals surface area (Å²) in [4.78, 5) is 20.9. The number of aliphatic hydroxyl groups excluding tert-OH is 1. The molecule has 0 amide bonds. The summed E-state index contributed by atoms with van der Waals surface area (Å²) in [6.45, 7) is 13.0. The number of nitrogens with zero attached hydrogens (tertiary/aromatic N) is 2. The van der Waals surface area contributed by atoms with Crippen molar-refractivity contribution in [2.45, 2.75) is 201 Å². The summed E-state index contributed by atoms with van der Waals surface area (Å²) >= 11 is 0. The normalized spacial score (nSPS) is 12.0. The summed E-state index contributed by atoms with van der Waals surface area (Å²) in [5.41, 5.74) is 0. The van der Waals surface area contributed by atoms with Crippen LogP contribution in [0.15, 0.2) is 24.3 Å². The van der Waals surface area contributed by atoms with E-state index in [0.717, 1.165) is 64.8 Å². The molecule has 0 saturated carbocycles. The fourth-order valence-electron chi connectivity index (χ4n) is 6.33. The van der Waals surface area contributed by atoms with Gasteiger partial charge in [-0.3, -0.25) is 4.79 Å². The van der Waals surface area contributed by atoms with Crippen LogP contribution in [0.3, 0.4) is 0 Å². The molecule has 6 nitrogen and oxygen atoms in total. The predicted molar refractivity (Wildman–Crippen MR) is 217 cm³/mol. The van der Waals surface area contributed by atoms with Crippen LogP contribution in [0.5, 0.6) is 0 Å². The molecule has 0 unspecified atom stereocenters. The van der Waals surface area contributed by atoms with Crippen molar-refractivity contribution in [2.24, 2.45) is 0 Å². The van der Waals surface area contributed by atoms with Crippen LogP contribution >= 0.6 is 0 Å². The molecule has 0 aliphatic heterocycles. The van der Waals surface area contributed by atoms with Gasteiger partial charge < -0.3 is 19.6 Å². The lowest BCUT2D eigenvalue weighted by molar-refractivity contribution is -0.191. The zero-order valence-electron chi connectivity index (χ0n) is 33.8. The van der Waals surface area contributed by atoms with Gasteiger partial charge in [-0.25, -0.2) is 0 Å². The lowest BCUT2D eigenvalue weighted by Gasteiger charge is -2.22. The van der Waals surface area contributed by atoms with Gasteiger partial charge >= 0.3 is 5.97 Å². The predicted octanol–water partition coefficient (Wildman–Crippen LogP) is 12.2. The standard InChI is InChI=1S/C44H86N2O4/c1-4-7-10-13-14-15-16-17-18-19-20-21-22-25-28-31-36-45(40-42-49-43-41-47)37-32-29-26-23-24-27-30-35-44(48)50-46(38-33-11-8-5-2)39-34-12-9-6-3/h14-15,17-18,47H,4-13,16,19-43H2,1-3H3/b15-14-,18-17-. The van der Waals surface area contributed by atoms with Crippen molar-refractivity contribution in [1.82, 2.24) is 9.96 Å². The van der Waals surface area contributed by atoms with Crippen molar-refractivity contribution in [3.8, 4) is 0 Å². The lowest BCUT2D eigenvalue weighted by atomic mass is 10.1. The molecule has 0 fully saturated rings. The fraction of sp³-hybridized carbons (Fsp3) is 0.886. The minimum Gasteiger partial charge on any atom is -0.394 e. The maximum Gasteiger partial charge on any atom is 0.325 e. The monoisotopic (exact) mass is 707 g/mol. The van der Waals surface area contributed by atoms with Crippen LogP contribution in [-0.2, 0) is 14.4 Å². The quantitative estimate of drug-likeness (QED) is 0.0388. The molecule has 0 atom stereocenters. The molecule has 0 aromatic heterocycles. The van der Waals surface area contributed by atoms with E-state index in [1.54, 1.807) is 0 Å². The van der Waals surface area contributed by atoms with E-state index >= 15 is 0 Å². The molecule has 6 heteroatoms. The van der Waals surface area contributed by atoms with Crippen molar-refractivity contribution in [1.29, 1.82) is 0 Å². The molecule has 0 aliphatic carbocycles. The van der Waals surface area contributed by atoms with Gasteiger partial charge in [0.15, 0.2) is 0 Å². The van der Waals surface area contributed by atoms with Gasteiger partial charge in [0.25, 0.3) is 0 Å². The minimum atomic E-state index is -0.0427. The highest BCUT2D eigenvalue weighted by atomic mass is 16.7. The van der Waals surface area contributed by atoms with Gasteiger partial charge in [0, 0.05) is 26.1 Å².